The smallest absolute Gasteiger partial charge is 0.113 e. The van der Waals surface area contributed by atoms with E-state index in [1.54, 1.807) is 0 Å². The molecule has 1 aliphatic heterocycles. The number of benzene rings is 1. The van der Waals surface area contributed by atoms with Gasteiger partial charge in [0.2, 0.25) is 0 Å². The Morgan fingerprint density at radius 1 is 0.952 bits per heavy atom. The second-order valence-electron chi connectivity index (χ2n) is 6.94. The van der Waals surface area contributed by atoms with Crippen LogP contribution in [0.3, 0.4) is 0 Å². The zero-order valence-electron chi connectivity index (χ0n) is 13.9. The Balaban J connectivity index is 2.17. The maximum absolute atomic E-state index is 4.75. The summed E-state index contributed by atoms with van der Waals surface area (Å²) in [6, 6.07) is 10.4. The average molecular weight is 283 g/mol. The quantitative estimate of drug-likeness (QED) is 0.665. The van der Waals surface area contributed by atoms with Gasteiger partial charge < -0.3 is 0 Å². The second kappa shape index (κ2) is 4.43. The molecule has 1 heterocycles. The van der Waals surface area contributed by atoms with Gasteiger partial charge in [0.05, 0.1) is 11.2 Å². The highest BCUT2D eigenvalue weighted by atomic mass is 15.6. The summed E-state index contributed by atoms with van der Waals surface area (Å²) in [4.78, 5) is 0. The minimum Gasteiger partial charge on any atom is -0.238 e. The van der Waals surface area contributed by atoms with E-state index >= 15 is 0 Å². The Morgan fingerprint density at radius 2 is 1.52 bits per heavy atom. The van der Waals surface area contributed by atoms with Crippen LogP contribution in [0.2, 0.25) is 0 Å². The van der Waals surface area contributed by atoms with E-state index in [1.807, 2.05) is 6.07 Å². The summed E-state index contributed by atoms with van der Waals surface area (Å²) < 4.78 is 0. The third kappa shape index (κ3) is 1.60. The first-order valence-corrected chi connectivity index (χ1v) is 7.79. The summed E-state index contributed by atoms with van der Waals surface area (Å²) in [5, 5.41) is 11.5. The number of hydrogen-bond acceptors (Lipinski definition) is 3. The van der Waals surface area contributed by atoms with Crippen molar-refractivity contribution in [1.82, 2.24) is 0 Å². The molecule has 1 aromatic rings. The lowest BCUT2D eigenvalue weighted by atomic mass is 9.57. The summed E-state index contributed by atoms with van der Waals surface area (Å²) >= 11 is 0. The van der Waals surface area contributed by atoms with E-state index in [1.165, 1.54) is 11.1 Å². The minimum absolute atomic E-state index is 0.128. The Hall–Kier alpha value is -1.64. The zero-order chi connectivity index (χ0) is 15.4. The molecule has 2 aliphatic rings. The highest BCUT2D eigenvalue weighted by Gasteiger charge is 2.62. The summed E-state index contributed by atoms with van der Waals surface area (Å²) in [5.41, 5.74) is 3.76. The topological polar surface area (TPSA) is 28.0 Å². The fourth-order valence-corrected chi connectivity index (χ4v) is 4.11. The summed E-state index contributed by atoms with van der Waals surface area (Å²) in [6.45, 7) is 13.7. The number of para-hydroxylation sites is 1. The summed E-state index contributed by atoms with van der Waals surface area (Å²) in [5.74, 6) is 0.810. The van der Waals surface area contributed by atoms with Gasteiger partial charge in [-0.05, 0) is 39.8 Å². The number of nitrogens with zero attached hydrogens (tertiary/aromatic N) is 3. The van der Waals surface area contributed by atoms with Gasteiger partial charge in [-0.15, -0.1) is 0 Å². The van der Waals surface area contributed by atoms with Crippen molar-refractivity contribution >= 4 is 5.69 Å². The van der Waals surface area contributed by atoms with Crippen LogP contribution in [-0.2, 0) is 0 Å². The van der Waals surface area contributed by atoms with Gasteiger partial charge in [-0.3, -0.25) is 0 Å². The van der Waals surface area contributed by atoms with Gasteiger partial charge in [-0.25, -0.2) is 5.01 Å². The third-order valence-corrected chi connectivity index (χ3v) is 6.41. The van der Waals surface area contributed by atoms with E-state index in [9.17, 15) is 0 Å². The van der Waals surface area contributed by atoms with Crippen molar-refractivity contribution in [1.29, 1.82) is 0 Å². The molecule has 0 fully saturated rings. The molecule has 1 aromatic carbocycles. The zero-order valence-corrected chi connectivity index (χ0v) is 13.9. The van der Waals surface area contributed by atoms with Gasteiger partial charge in [-0.1, -0.05) is 48.4 Å². The highest BCUT2D eigenvalue weighted by molar-refractivity contribution is 5.53. The van der Waals surface area contributed by atoms with Gasteiger partial charge in [0.25, 0.3) is 0 Å². The van der Waals surface area contributed by atoms with Crippen LogP contribution in [0.1, 0.15) is 41.5 Å². The molecule has 4 atom stereocenters. The fourth-order valence-electron chi connectivity index (χ4n) is 4.11. The van der Waals surface area contributed by atoms with Crippen molar-refractivity contribution in [2.75, 3.05) is 5.01 Å². The lowest BCUT2D eigenvalue weighted by Crippen LogP contribution is -2.64. The molecule has 0 spiro atoms. The normalized spacial score (nSPS) is 38.9. The molecular weight excluding hydrogens is 258 g/mol. The van der Waals surface area contributed by atoms with Crippen LogP contribution in [0.4, 0.5) is 5.69 Å². The maximum Gasteiger partial charge on any atom is 0.113 e. The van der Waals surface area contributed by atoms with Crippen LogP contribution in [-0.4, -0.2) is 11.1 Å². The molecular formula is C18H25N3. The van der Waals surface area contributed by atoms with E-state index in [-0.39, 0.29) is 11.1 Å². The molecule has 112 valence electrons. The molecule has 0 amide bonds. The highest BCUT2D eigenvalue weighted by Crippen LogP contribution is 2.56. The van der Waals surface area contributed by atoms with Crippen molar-refractivity contribution in [3.8, 4) is 0 Å². The predicted octanol–water partition coefficient (Wildman–Crippen LogP) is 5.01. The molecule has 1 aliphatic carbocycles. The van der Waals surface area contributed by atoms with Crippen LogP contribution in [0, 0.1) is 11.8 Å². The molecule has 0 bridgehead atoms. The second-order valence-corrected chi connectivity index (χ2v) is 6.94. The van der Waals surface area contributed by atoms with Crippen molar-refractivity contribution in [3.63, 3.8) is 0 Å². The standard InChI is InChI=1S/C18H25N3/c1-12-13(2)15(4)18(6)17(5,14(12)3)19-20-21(18)16-10-8-7-9-11-16/h7-11,14-15H,1-6H3/t14-,15-,17+,18-/m0/s1. The molecule has 0 N–H and O–H groups in total. The van der Waals surface area contributed by atoms with Crippen LogP contribution in [0.15, 0.2) is 51.8 Å². The first kappa shape index (κ1) is 14.3. The molecule has 0 radical (unpaired) electrons. The van der Waals surface area contributed by atoms with Gasteiger partial charge in [0, 0.05) is 11.8 Å². The van der Waals surface area contributed by atoms with Gasteiger partial charge in [0.15, 0.2) is 0 Å². The van der Waals surface area contributed by atoms with Crippen molar-refractivity contribution in [2.24, 2.45) is 22.2 Å². The molecule has 21 heavy (non-hydrogen) atoms. The molecule has 0 aromatic heterocycles. The average Bonchev–Trinajstić information content (AvgIpc) is 2.78. The van der Waals surface area contributed by atoms with E-state index < -0.39 is 0 Å². The first-order chi connectivity index (χ1) is 9.84. The predicted molar refractivity (Wildman–Crippen MR) is 87.3 cm³/mol. The van der Waals surface area contributed by atoms with Gasteiger partial charge in [0.1, 0.15) is 5.54 Å². The van der Waals surface area contributed by atoms with Crippen molar-refractivity contribution in [3.05, 3.63) is 41.5 Å². The fraction of sp³-hybridized carbons (Fsp3) is 0.556. The Morgan fingerprint density at radius 3 is 2.14 bits per heavy atom. The monoisotopic (exact) mass is 283 g/mol. The molecule has 3 heteroatoms. The summed E-state index contributed by atoms with van der Waals surface area (Å²) in [7, 11) is 0. The molecule has 0 saturated carbocycles. The van der Waals surface area contributed by atoms with Crippen molar-refractivity contribution in [2.45, 2.75) is 52.6 Å². The van der Waals surface area contributed by atoms with Crippen LogP contribution in [0.5, 0.6) is 0 Å². The first-order valence-electron chi connectivity index (χ1n) is 7.79. The number of anilines is 1. The lowest BCUT2D eigenvalue weighted by Gasteiger charge is -2.53. The van der Waals surface area contributed by atoms with E-state index in [4.69, 9.17) is 5.11 Å². The number of rotatable bonds is 1. The van der Waals surface area contributed by atoms with Gasteiger partial charge in [-0.2, -0.15) is 5.11 Å². The molecule has 0 unspecified atom stereocenters. The third-order valence-electron chi connectivity index (χ3n) is 6.41. The van der Waals surface area contributed by atoms with Crippen LogP contribution < -0.4 is 5.01 Å². The number of hydrogen-bond donors (Lipinski definition) is 0. The SMILES string of the molecule is CC1=C(C)[C@H](C)[C@]2(C)N(c3ccccc3)N=N[C@]2(C)[C@H]1C. The van der Waals surface area contributed by atoms with E-state index in [0.29, 0.717) is 11.8 Å². The van der Waals surface area contributed by atoms with Crippen LogP contribution in [0.25, 0.3) is 0 Å². The van der Waals surface area contributed by atoms with Gasteiger partial charge >= 0.3 is 0 Å². The summed E-state index contributed by atoms with van der Waals surface area (Å²) in [6.07, 6.45) is 0. The maximum atomic E-state index is 4.75. The Kier molecular flexibility index (Phi) is 3.01. The largest absolute Gasteiger partial charge is 0.238 e. The molecule has 3 rings (SSSR count). The van der Waals surface area contributed by atoms with E-state index in [0.717, 1.165) is 5.69 Å². The Labute approximate surface area is 127 Å². The molecule has 0 saturated heterocycles. The minimum atomic E-state index is -0.189. The van der Waals surface area contributed by atoms with Crippen LogP contribution >= 0.6 is 0 Å². The number of fused-ring (bicyclic) bond motifs is 1. The molecule has 3 nitrogen and oxygen atoms in total. The lowest BCUT2D eigenvalue weighted by molar-refractivity contribution is 0.158. The van der Waals surface area contributed by atoms with E-state index in [2.05, 4.69) is 76.0 Å². The van der Waals surface area contributed by atoms with Crippen molar-refractivity contribution < 1.29 is 0 Å². The Bertz CT molecular complexity index is 619.